The molecule has 0 saturated carbocycles. The third-order valence-electron chi connectivity index (χ3n) is 5.38. The van der Waals surface area contributed by atoms with E-state index in [2.05, 4.69) is 4.90 Å². The Morgan fingerprint density at radius 3 is 2.59 bits per heavy atom. The molecule has 5 rings (SSSR count). The number of carbonyl (C=O) groups excluding carboxylic acids is 1. The zero-order chi connectivity index (χ0) is 20.1. The van der Waals surface area contributed by atoms with Crippen LogP contribution < -0.4 is 18.9 Å². The molecule has 0 radical (unpaired) electrons. The molecule has 8 nitrogen and oxygen atoms in total. The number of cyclic esters (lactones) is 1. The van der Waals surface area contributed by atoms with Crippen molar-refractivity contribution in [2.45, 2.75) is 18.6 Å². The number of hydrogen-bond acceptors (Lipinski definition) is 8. The summed E-state index contributed by atoms with van der Waals surface area (Å²) in [5.41, 5.74) is 2.47. The number of likely N-dealkylation sites (N-methyl/N-ethyl adjacent to an activating group) is 1. The topological polar surface area (TPSA) is 86.7 Å². The Bertz CT molecular complexity index is 987. The number of nitrogens with zero attached hydrogens (tertiary/aromatic N) is 1. The van der Waals surface area contributed by atoms with Crippen molar-refractivity contribution in [1.29, 1.82) is 0 Å². The number of carbonyl (C=O) groups is 1. The zero-order valence-electron chi connectivity index (χ0n) is 16.1. The molecule has 0 amide bonds. The lowest BCUT2D eigenvalue weighted by molar-refractivity contribution is -0.0106. The number of hydrogen-bond donors (Lipinski definition) is 1. The van der Waals surface area contributed by atoms with E-state index in [1.54, 1.807) is 18.2 Å². The van der Waals surface area contributed by atoms with Crippen LogP contribution in [0.5, 0.6) is 23.0 Å². The largest absolute Gasteiger partial charge is 0.454 e. The highest BCUT2D eigenvalue weighted by Gasteiger charge is 2.42. The van der Waals surface area contributed by atoms with E-state index in [0.29, 0.717) is 46.1 Å². The molecule has 0 fully saturated rings. The van der Waals surface area contributed by atoms with Gasteiger partial charge in [0.2, 0.25) is 13.6 Å². The van der Waals surface area contributed by atoms with Crippen LogP contribution in [0.25, 0.3) is 0 Å². The quantitative estimate of drug-likeness (QED) is 0.766. The molecule has 0 aromatic heterocycles. The number of esters is 1. The summed E-state index contributed by atoms with van der Waals surface area (Å²) in [6.07, 6.45) is -1.21. The molecule has 2 aromatic carbocycles. The summed E-state index contributed by atoms with van der Waals surface area (Å²) in [4.78, 5) is 14.6. The molecule has 1 unspecified atom stereocenters. The third-order valence-corrected chi connectivity index (χ3v) is 5.38. The van der Waals surface area contributed by atoms with Crippen molar-refractivity contribution in [3.05, 3.63) is 46.5 Å². The maximum atomic E-state index is 12.5. The highest BCUT2D eigenvalue weighted by Crippen LogP contribution is 2.49. The van der Waals surface area contributed by atoms with Gasteiger partial charge in [-0.1, -0.05) is 6.07 Å². The minimum Gasteiger partial charge on any atom is -0.454 e. The molecule has 2 atom stereocenters. The highest BCUT2D eigenvalue weighted by molar-refractivity contribution is 5.98. The van der Waals surface area contributed by atoms with Gasteiger partial charge in [-0.3, -0.25) is 0 Å². The van der Waals surface area contributed by atoms with Crippen molar-refractivity contribution >= 4 is 5.97 Å². The number of rotatable bonds is 5. The first-order chi connectivity index (χ1) is 14.0. The van der Waals surface area contributed by atoms with Crippen LogP contribution in [0.2, 0.25) is 0 Å². The molecule has 0 aliphatic carbocycles. The average molecular weight is 399 g/mol. The molecule has 29 heavy (non-hydrogen) atoms. The van der Waals surface area contributed by atoms with Gasteiger partial charge in [0, 0.05) is 12.1 Å². The van der Waals surface area contributed by atoms with Crippen LogP contribution >= 0.6 is 0 Å². The molecule has 0 spiro atoms. The number of benzene rings is 2. The normalized spacial score (nSPS) is 19.4. The maximum Gasteiger partial charge on any atom is 0.343 e. The second kappa shape index (κ2) is 6.82. The van der Waals surface area contributed by atoms with Gasteiger partial charge in [-0.25, -0.2) is 4.79 Å². The van der Waals surface area contributed by atoms with Crippen molar-refractivity contribution in [2.24, 2.45) is 0 Å². The number of ether oxygens (including phenoxy) is 5. The van der Waals surface area contributed by atoms with Crippen LogP contribution in [0, 0.1) is 0 Å². The summed E-state index contributed by atoms with van der Waals surface area (Å²) in [6, 6.07) is 7.14. The van der Waals surface area contributed by atoms with Crippen LogP contribution in [-0.2, 0) is 11.2 Å². The predicted molar refractivity (Wildman–Crippen MR) is 101 cm³/mol. The Morgan fingerprint density at radius 1 is 1.07 bits per heavy atom. The Kier molecular flexibility index (Phi) is 4.25. The molecule has 1 N–H and O–H groups in total. The summed E-state index contributed by atoms with van der Waals surface area (Å²) in [7, 11) is 3.97. The molecule has 3 heterocycles. The van der Waals surface area contributed by atoms with Crippen LogP contribution in [0.1, 0.15) is 39.3 Å². The van der Waals surface area contributed by atoms with Gasteiger partial charge in [-0.05, 0) is 49.8 Å². The SMILES string of the molecule is CN(C)CCc1cc2c(cc1[C@@H](O)C1OC(=O)c3c1ccc1c3OCO1)OCO2. The van der Waals surface area contributed by atoms with Gasteiger partial charge in [0.1, 0.15) is 11.7 Å². The molecule has 0 saturated heterocycles. The van der Waals surface area contributed by atoms with Crippen LogP contribution in [0.4, 0.5) is 0 Å². The standard InChI is InChI=1S/C21H21NO7/c1-22(2)6-5-11-7-15-16(27-9-26-15)8-13(11)18(23)19-12-3-4-14-20(28-10-25-14)17(12)21(24)29-19/h3-4,7-8,18-19,23H,5-6,9-10H2,1-2H3/t18-,19?/m1/s1. The van der Waals surface area contributed by atoms with E-state index in [1.807, 2.05) is 20.2 Å². The fourth-order valence-electron chi connectivity index (χ4n) is 3.91. The molecular weight excluding hydrogens is 378 g/mol. The lowest BCUT2D eigenvalue weighted by Crippen LogP contribution is -2.18. The first kappa shape index (κ1) is 18.1. The molecule has 2 aromatic rings. The van der Waals surface area contributed by atoms with Gasteiger partial charge in [-0.2, -0.15) is 0 Å². The zero-order valence-corrected chi connectivity index (χ0v) is 16.1. The molecule has 3 aliphatic heterocycles. The van der Waals surface area contributed by atoms with E-state index in [9.17, 15) is 9.90 Å². The molecule has 3 aliphatic rings. The monoisotopic (exact) mass is 399 g/mol. The molecule has 8 heteroatoms. The summed E-state index contributed by atoms with van der Waals surface area (Å²) >= 11 is 0. The van der Waals surface area contributed by atoms with E-state index in [1.165, 1.54) is 0 Å². The van der Waals surface area contributed by atoms with Crippen LogP contribution in [-0.4, -0.2) is 50.2 Å². The van der Waals surface area contributed by atoms with Gasteiger partial charge in [0.15, 0.2) is 29.1 Å². The Balaban J connectivity index is 1.53. The van der Waals surface area contributed by atoms with Crippen molar-refractivity contribution in [3.8, 4) is 23.0 Å². The molecular formula is C21H21NO7. The summed E-state index contributed by atoms with van der Waals surface area (Å²) in [5, 5.41) is 11.3. The summed E-state index contributed by atoms with van der Waals surface area (Å²) in [5.74, 6) is 1.58. The lowest BCUT2D eigenvalue weighted by atomic mass is 9.91. The minimum absolute atomic E-state index is 0.0587. The van der Waals surface area contributed by atoms with Crippen molar-refractivity contribution in [3.63, 3.8) is 0 Å². The summed E-state index contributed by atoms with van der Waals surface area (Å²) < 4.78 is 27.4. The van der Waals surface area contributed by atoms with Gasteiger partial charge in [-0.15, -0.1) is 0 Å². The predicted octanol–water partition coefficient (Wildman–Crippen LogP) is 2.19. The van der Waals surface area contributed by atoms with Crippen LogP contribution in [0.3, 0.4) is 0 Å². The Morgan fingerprint density at radius 2 is 1.79 bits per heavy atom. The number of aliphatic hydroxyl groups is 1. The van der Waals surface area contributed by atoms with Gasteiger partial charge >= 0.3 is 5.97 Å². The van der Waals surface area contributed by atoms with Crippen molar-refractivity contribution in [2.75, 3.05) is 34.2 Å². The number of aliphatic hydroxyl groups excluding tert-OH is 1. The van der Waals surface area contributed by atoms with E-state index < -0.39 is 18.2 Å². The Hall–Kier alpha value is -2.97. The number of fused-ring (bicyclic) bond motifs is 4. The first-order valence-electron chi connectivity index (χ1n) is 9.41. The minimum atomic E-state index is -1.06. The highest BCUT2D eigenvalue weighted by atomic mass is 16.7. The average Bonchev–Trinajstić information content (AvgIpc) is 3.42. The van der Waals surface area contributed by atoms with E-state index in [4.69, 9.17) is 23.7 Å². The summed E-state index contributed by atoms with van der Waals surface area (Å²) in [6.45, 7) is 0.995. The second-order valence-electron chi connectivity index (χ2n) is 7.49. The van der Waals surface area contributed by atoms with Gasteiger partial charge < -0.3 is 33.7 Å². The second-order valence-corrected chi connectivity index (χ2v) is 7.49. The van der Waals surface area contributed by atoms with Crippen molar-refractivity contribution < 1.29 is 33.6 Å². The third kappa shape index (κ3) is 2.95. The maximum absolute atomic E-state index is 12.5. The molecule has 0 bridgehead atoms. The fraction of sp³-hybridized carbons (Fsp3) is 0.381. The van der Waals surface area contributed by atoms with Gasteiger partial charge in [0.05, 0.1) is 0 Å². The fourth-order valence-corrected chi connectivity index (χ4v) is 3.91. The van der Waals surface area contributed by atoms with Crippen LogP contribution in [0.15, 0.2) is 24.3 Å². The first-order valence-corrected chi connectivity index (χ1v) is 9.41. The smallest absolute Gasteiger partial charge is 0.343 e. The van der Waals surface area contributed by atoms with E-state index >= 15 is 0 Å². The Labute approximate surface area is 167 Å². The van der Waals surface area contributed by atoms with E-state index in [-0.39, 0.29) is 13.6 Å². The lowest BCUT2D eigenvalue weighted by Gasteiger charge is -2.22. The van der Waals surface area contributed by atoms with Crippen molar-refractivity contribution in [1.82, 2.24) is 4.90 Å². The van der Waals surface area contributed by atoms with E-state index in [0.717, 1.165) is 12.1 Å². The van der Waals surface area contributed by atoms with Gasteiger partial charge in [0.25, 0.3) is 0 Å². The molecule has 152 valence electrons.